The van der Waals surface area contributed by atoms with Crippen molar-refractivity contribution in [2.75, 3.05) is 18.5 Å². The van der Waals surface area contributed by atoms with E-state index in [1.54, 1.807) is 0 Å². The minimum Gasteiger partial charge on any atom is -0.393 e. The van der Waals surface area contributed by atoms with Crippen molar-refractivity contribution in [2.24, 2.45) is 11.8 Å². The summed E-state index contributed by atoms with van der Waals surface area (Å²) < 4.78 is 26.2. The Morgan fingerprint density at radius 2 is 2.04 bits per heavy atom. The Labute approximate surface area is 159 Å². The van der Waals surface area contributed by atoms with Crippen molar-refractivity contribution < 1.29 is 18.4 Å². The third-order valence-corrected chi connectivity index (χ3v) is 7.36. The first-order valence-corrected chi connectivity index (χ1v) is 10.9. The monoisotopic (exact) mass is 397 g/mol. The van der Waals surface area contributed by atoms with Gasteiger partial charge in [-0.3, -0.25) is 10.1 Å². The highest BCUT2D eigenvalue weighted by atomic mass is 32.2. The van der Waals surface area contributed by atoms with E-state index >= 15 is 0 Å². The van der Waals surface area contributed by atoms with E-state index in [1.807, 2.05) is 4.90 Å². The van der Waals surface area contributed by atoms with E-state index in [1.165, 1.54) is 19.2 Å². The predicted octanol–water partition coefficient (Wildman–Crippen LogP) is 2.27. The number of nitro groups is 1. The molecule has 2 N–H and O–H groups in total. The molecule has 0 unspecified atom stereocenters. The van der Waals surface area contributed by atoms with Crippen molar-refractivity contribution in [1.29, 1.82) is 0 Å². The van der Waals surface area contributed by atoms with Gasteiger partial charge in [-0.05, 0) is 57.2 Å². The van der Waals surface area contributed by atoms with Gasteiger partial charge in [-0.25, -0.2) is 13.1 Å². The molecule has 9 heteroatoms. The fourth-order valence-electron chi connectivity index (χ4n) is 4.54. The lowest BCUT2D eigenvalue weighted by Gasteiger charge is -2.40. The number of anilines is 1. The summed E-state index contributed by atoms with van der Waals surface area (Å²) in [7, 11) is -2.48. The zero-order chi connectivity index (χ0) is 19.8. The van der Waals surface area contributed by atoms with Crippen molar-refractivity contribution in [3.63, 3.8) is 0 Å². The number of hydrogen-bond acceptors (Lipinski definition) is 6. The molecule has 4 atom stereocenters. The molecule has 0 radical (unpaired) electrons. The van der Waals surface area contributed by atoms with Crippen molar-refractivity contribution in [3.8, 4) is 0 Å². The van der Waals surface area contributed by atoms with E-state index in [4.69, 9.17) is 0 Å². The lowest BCUT2D eigenvalue weighted by molar-refractivity contribution is -0.384. The standard InChI is InChI=1S/C18H27N3O5S/c1-12-5-8-18(22)14(10-12)15-4-3-9-20(15)16-7-6-13(27(25,26)19-2)11-17(16)21(23)24/h6-7,11-12,14-15,18-19,22H,3-5,8-10H2,1-2H3/t12-,14+,15-,18-/m1/s1. The predicted molar refractivity (Wildman–Crippen MR) is 102 cm³/mol. The summed E-state index contributed by atoms with van der Waals surface area (Å²) in [5.41, 5.74) is 0.222. The van der Waals surface area contributed by atoms with Crippen molar-refractivity contribution in [3.05, 3.63) is 28.3 Å². The Kier molecular flexibility index (Phi) is 5.73. The minimum absolute atomic E-state index is 0.0354. The summed E-state index contributed by atoms with van der Waals surface area (Å²) in [5, 5.41) is 22.2. The molecular weight excluding hydrogens is 370 g/mol. The molecule has 1 aliphatic heterocycles. The molecule has 1 heterocycles. The Bertz CT molecular complexity index is 813. The molecular formula is C18H27N3O5S. The van der Waals surface area contributed by atoms with Gasteiger partial charge in [0.25, 0.3) is 5.69 Å². The highest BCUT2D eigenvalue weighted by Crippen LogP contribution is 2.42. The van der Waals surface area contributed by atoms with Crippen LogP contribution in [0.3, 0.4) is 0 Å². The zero-order valence-electron chi connectivity index (χ0n) is 15.7. The van der Waals surface area contributed by atoms with E-state index < -0.39 is 21.1 Å². The topological polar surface area (TPSA) is 113 Å². The van der Waals surface area contributed by atoms with Gasteiger partial charge in [-0.15, -0.1) is 0 Å². The lowest BCUT2D eigenvalue weighted by atomic mass is 9.76. The Balaban J connectivity index is 1.98. The van der Waals surface area contributed by atoms with E-state index in [-0.39, 0.29) is 22.5 Å². The average Bonchev–Trinajstić information content (AvgIpc) is 3.12. The summed E-state index contributed by atoms with van der Waals surface area (Å²) in [6.45, 7) is 2.85. The van der Waals surface area contributed by atoms with Gasteiger partial charge in [0.1, 0.15) is 5.69 Å². The largest absolute Gasteiger partial charge is 0.393 e. The average molecular weight is 397 g/mol. The summed E-state index contributed by atoms with van der Waals surface area (Å²) in [5.74, 6) is 0.607. The molecule has 1 aliphatic carbocycles. The molecule has 0 amide bonds. The smallest absolute Gasteiger partial charge is 0.293 e. The molecule has 2 aliphatic rings. The van der Waals surface area contributed by atoms with Crippen LogP contribution in [0, 0.1) is 22.0 Å². The van der Waals surface area contributed by atoms with Crippen LogP contribution in [0.4, 0.5) is 11.4 Å². The van der Waals surface area contributed by atoms with Gasteiger partial charge < -0.3 is 10.0 Å². The van der Waals surface area contributed by atoms with Crippen LogP contribution in [0.25, 0.3) is 0 Å². The highest BCUT2D eigenvalue weighted by molar-refractivity contribution is 7.89. The molecule has 0 spiro atoms. The summed E-state index contributed by atoms with van der Waals surface area (Å²) in [6, 6.07) is 4.09. The number of aliphatic hydroxyl groups is 1. The van der Waals surface area contributed by atoms with Crippen LogP contribution in [0.1, 0.15) is 39.0 Å². The summed E-state index contributed by atoms with van der Waals surface area (Å²) in [6.07, 6.45) is 4.05. The molecule has 0 aromatic heterocycles. The molecule has 8 nitrogen and oxygen atoms in total. The Morgan fingerprint density at radius 3 is 2.70 bits per heavy atom. The van der Waals surface area contributed by atoms with Crippen LogP contribution in [-0.2, 0) is 10.0 Å². The molecule has 150 valence electrons. The van der Waals surface area contributed by atoms with Gasteiger partial charge in [0, 0.05) is 24.6 Å². The van der Waals surface area contributed by atoms with Crippen LogP contribution in [0.5, 0.6) is 0 Å². The molecule has 0 bridgehead atoms. The Hall–Kier alpha value is -1.71. The van der Waals surface area contributed by atoms with Gasteiger partial charge in [-0.2, -0.15) is 0 Å². The first-order valence-electron chi connectivity index (χ1n) is 9.41. The molecule has 1 saturated carbocycles. The molecule has 1 aromatic carbocycles. The first kappa shape index (κ1) is 20.0. The Morgan fingerprint density at radius 1 is 1.30 bits per heavy atom. The molecule has 3 rings (SSSR count). The summed E-state index contributed by atoms with van der Waals surface area (Å²) >= 11 is 0. The van der Waals surface area contributed by atoms with Crippen LogP contribution in [0.15, 0.2) is 23.1 Å². The van der Waals surface area contributed by atoms with Gasteiger partial charge in [-0.1, -0.05) is 6.92 Å². The second-order valence-corrected chi connectivity index (χ2v) is 9.55. The van der Waals surface area contributed by atoms with Crippen molar-refractivity contribution in [1.82, 2.24) is 4.72 Å². The molecule has 27 heavy (non-hydrogen) atoms. The van der Waals surface area contributed by atoms with E-state index in [2.05, 4.69) is 11.6 Å². The fourth-order valence-corrected chi connectivity index (χ4v) is 5.29. The number of rotatable bonds is 5. The quantitative estimate of drug-likeness (QED) is 0.582. The van der Waals surface area contributed by atoms with E-state index in [0.29, 0.717) is 18.2 Å². The van der Waals surface area contributed by atoms with Crippen LogP contribution >= 0.6 is 0 Å². The van der Waals surface area contributed by atoms with Crippen LogP contribution < -0.4 is 9.62 Å². The SMILES string of the molecule is CNS(=O)(=O)c1ccc(N2CCC[C@@H]2[C@@H]2C[C@H](C)CC[C@H]2O)c([N+](=O)[O-])c1. The van der Waals surface area contributed by atoms with Gasteiger partial charge >= 0.3 is 0 Å². The normalized spacial score (nSPS) is 29.1. The van der Waals surface area contributed by atoms with Crippen molar-refractivity contribution >= 4 is 21.4 Å². The second-order valence-electron chi connectivity index (χ2n) is 7.67. The zero-order valence-corrected chi connectivity index (χ0v) is 16.5. The number of nitrogens with zero attached hydrogens (tertiary/aromatic N) is 2. The third kappa shape index (κ3) is 3.95. The number of sulfonamides is 1. The number of nitro benzene ring substituents is 1. The van der Waals surface area contributed by atoms with E-state index in [0.717, 1.165) is 38.2 Å². The van der Waals surface area contributed by atoms with Gasteiger partial charge in [0.05, 0.1) is 15.9 Å². The maximum Gasteiger partial charge on any atom is 0.293 e. The van der Waals surface area contributed by atoms with Gasteiger partial charge in [0.2, 0.25) is 10.0 Å². The number of benzene rings is 1. The molecule has 1 saturated heterocycles. The fraction of sp³-hybridized carbons (Fsp3) is 0.667. The maximum absolute atomic E-state index is 12.0. The first-order chi connectivity index (χ1) is 12.7. The molecule has 2 fully saturated rings. The van der Waals surface area contributed by atoms with Crippen molar-refractivity contribution in [2.45, 2.75) is 56.1 Å². The number of nitrogens with one attached hydrogen (secondary N) is 1. The van der Waals surface area contributed by atoms with Crippen LogP contribution in [-0.4, -0.2) is 44.2 Å². The van der Waals surface area contributed by atoms with Crippen LogP contribution in [0.2, 0.25) is 0 Å². The third-order valence-electron chi connectivity index (χ3n) is 5.95. The minimum atomic E-state index is -3.76. The second kappa shape index (κ2) is 7.73. The lowest BCUT2D eigenvalue weighted by Crippen LogP contribution is -2.44. The molecule has 1 aromatic rings. The summed E-state index contributed by atoms with van der Waals surface area (Å²) in [4.78, 5) is 13.0. The van der Waals surface area contributed by atoms with E-state index in [9.17, 15) is 23.6 Å². The highest BCUT2D eigenvalue weighted by Gasteiger charge is 2.40. The number of aliphatic hydroxyl groups excluding tert-OH is 1. The number of hydrogen-bond donors (Lipinski definition) is 2. The van der Waals surface area contributed by atoms with Gasteiger partial charge in [0.15, 0.2) is 0 Å². The maximum atomic E-state index is 12.0.